The quantitative estimate of drug-likeness (QED) is 0.243. The van der Waals surface area contributed by atoms with E-state index in [-0.39, 0.29) is 11.7 Å². The summed E-state index contributed by atoms with van der Waals surface area (Å²) in [4.78, 5) is 11.8. The molecular formula is C24H40O3. The second-order valence-electron chi connectivity index (χ2n) is 8.11. The Labute approximate surface area is 166 Å². The zero-order chi connectivity index (χ0) is 19.7. The van der Waals surface area contributed by atoms with Crippen LogP contribution in [0.5, 0.6) is 5.75 Å². The van der Waals surface area contributed by atoms with Gasteiger partial charge in [0.15, 0.2) is 0 Å². The van der Waals surface area contributed by atoms with Gasteiger partial charge in [-0.05, 0) is 36.6 Å². The van der Waals surface area contributed by atoms with Gasteiger partial charge >= 0.3 is 5.97 Å². The molecule has 0 fully saturated rings. The third kappa shape index (κ3) is 13.3. The number of phenols is 1. The number of phenolic OH excluding ortho intramolecular Hbond substituents is 1. The number of aromatic hydroxyl groups is 1. The SMILES string of the molecule is CC(C)CCCCCCCCCCCCCCOC(=O)c1ccc(O)cc1. The van der Waals surface area contributed by atoms with Crippen molar-refractivity contribution in [1.82, 2.24) is 0 Å². The Balaban J connectivity index is 1.81. The summed E-state index contributed by atoms with van der Waals surface area (Å²) in [5, 5.41) is 9.21. The minimum atomic E-state index is -0.306. The van der Waals surface area contributed by atoms with Crippen LogP contribution in [0.1, 0.15) is 108 Å². The highest BCUT2D eigenvalue weighted by atomic mass is 16.5. The Morgan fingerprint density at radius 2 is 1.22 bits per heavy atom. The van der Waals surface area contributed by atoms with Crippen LogP contribution >= 0.6 is 0 Å². The Kier molecular flexibility index (Phi) is 13.5. The first-order valence-corrected chi connectivity index (χ1v) is 11.1. The van der Waals surface area contributed by atoms with E-state index < -0.39 is 0 Å². The van der Waals surface area contributed by atoms with Crippen LogP contribution in [0.25, 0.3) is 0 Å². The van der Waals surface area contributed by atoms with E-state index in [1.54, 1.807) is 12.1 Å². The van der Waals surface area contributed by atoms with Crippen LogP contribution in [0.4, 0.5) is 0 Å². The zero-order valence-corrected chi connectivity index (χ0v) is 17.5. The molecule has 27 heavy (non-hydrogen) atoms. The number of carbonyl (C=O) groups excluding carboxylic acids is 1. The van der Waals surface area contributed by atoms with Gasteiger partial charge in [-0.25, -0.2) is 4.79 Å². The maximum atomic E-state index is 11.8. The van der Waals surface area contributed by atoms with Gasteiger partial charge in [0.2, 0.25) is 0 Å². The summed E-state index contributed by atoms with van der Waals surface area (Å²) in [5.41, 5.74) is 0.493. The predicted molar refractivity (Wildman–Crippen MR) is 113 cm³/mol. The van der Waals surface area contributed by atoms with Crippen molar-refractivity contribution in [1.29, 1.82) is 0 Å². The highest BCUT2D eigenvalue weighted by Crippen LogP contribution is 2.14. The fraction of sp³-hybridized carbons (Fsp3) is 0.708. The largest absolute Gasteiger partial charge is 0.508 e. The van der Waals surface area contributed by atoms with Crippen LogP contribution in [0.2, 0.25) is 0 Å². The Morgan fingerprint density at radius 3 is 1.70 bits per heavy atom. The number of esters is 1. The molecule has 154 valence electrons. The Hall–Kier alpha value is -1.51. The number of hydrogen-bond donors (Lipinski definition) is 1. The second-order valence-corrected chi connectivity index (χ2v) is 8.11. The van der Waals surface area contributed by atoms with Crippen LogP contribution in [0, 0.1) is 5.92 Å². The number of unbranched alkanes of at least 4 members (excludes halogenated alkanes) is 11. The van der Waals surface area contributed by atoms with Gasteiger partial charge in [-0.3, -0.25) is 0 Å². The summed E-state index contributed by atoms with van der Waals surface area (Å²) in [6.07, 6.45) is 17.1. The van der Waals surface area contributed by atoms with Gasteiger partial charge in [-0.2, -0.15) is 0 Å². The highest BCUT2D eigenvalue weighted by Gasteiger charge is 2.06. The number of carbonyl (C=O) groups is 1. The van der Waals surface area contributed by atoms with Gasteiger partial charge in [-0.15, -0.1) is 0 Å². The lowest BCUT2D eigenvalue weighted by atomic mass is 10.0. The summed E-state index contributed by atoms with van der Waals surface area (Å²) in [6, 6.07) is 6.18. The standard InChI is InChI=1S/C24H40O3/c1-21(2)15-13-11-9-7-5-3-4-6-8-10-12-14-20-27-24(26)22-16-18-23(25)19-17-22/h16-19,21,25H,3-15,20H2,1-2H3. The molecule has 0 aromatic heterocycles. The molecule has 0 bridgehead atoms. The smallest absolute Gasteiger partial charge is 0.338 e. The first-order chi connectivity index (χ1) is 13.1. The average molecular weight is 377 g/mol. The molecule has 0 heterocycles. The molecule has 0 spiro atoms. The molecule has 0 saturated carbocycles. The maximum Gasteiger partial charge on any atom is 0.338 e. The lowest BCUT2D eigenvalue weighted by Gasteiger charge is -2.06. The van der Waals surface area contributed by atoms with Crippen molar-refractivity contribution in [3.8, 4) is 5.75 Å². The van der Waals surface area contributed by atoms with E-state index in [4.69, 9.17) is 4.74 Å². The molecule has 0 unspecified atom stereocenters. The second kappa shape index (κ2) is 15.5. The average Bonchev–Trinajstić information content (AvgIpc) is 2.65. The highest BCUT2D eigenvalue weighted by molar-refractivity contribution is 5.89. The number of hydrogen-bond acceptors (Lipinski definition) is 3. The molecule has 0 aliphatic rings. The van der Waals surface area contributed by atoms with Crippen molar-refractivity contribution in [2.75, 3.05) is 6.61 Å². The molecule has 3 heteroatoms. The van der Waals surface area contributed by atoms with Crippen LogP contribution in [0.3, 0.4) is 0 Å². The summed E-state index contributed by atoms with van der Waals surface area (Å²) in [7, 11) is 0. The van der Waals surface area contributed by atoms with E-state index in [9.17, 15) is 9.90 Å². The minimum Gasteiger partial charge on any atom is -0.508 e. The van der Waals surface area contributed by atoms with Crippen LogP contribution in [-0.2, 0) is 4.74 Å². The molecular weight excluding hydrogens is 336 g/mol. The van der Waals surface area contributed by atoms with Gasteiger partial charge in [-0.1, -0.05) is 90.9 Å². The molecule has 0 atom stereocenters. The van der Waals surface area contributed by atoms with E-state index >= 15 is 0 Å². The van der Waals surface area contributed by atoms with Crippen LogP contribution < -0.4 is 0 Å². The maximum absolute atomic E-state index is 11.8. The molecule has 1 rings (SSSR count). The van der Waals surface area contributed by atoms with E-state index in [2.05, 4.69) is 13.8 Å². The predicted octanol–water partition coefficient (Wildman–Crippen LogP) is 7.28. The van der Waals surface area contributed by atoms with Crippen LogP contribution in [0.15, 0.2) is 24.3 Å². The Morgan fingerprint density at radius 1 is 0.778 bits per heavy atom. The summed E-state index contributed by atoms with van der Waals surface area (Å²) >= 11 is 0. The molecule has 1 aromatic carbocycles. The number of rotatable bonds is 16. The fourth-order valence-electron chi connectivity index (χ4n) is 3.27. The van der Waals surface area contributed by atoms with E-state index in [1.165, 1.54) is 82.8 Å². The minimum absolute atomic E-state index is 0.160. The lowest BCUT2D eigenvalue weighted by molar-refractivity contribution is 0.0497. The molecule has 0 aliphatic carbocycles. The van der Waals surface area contributed by atoms with Gasteiger partial charge in [0.05, 0.1) is 12.2 Å². The number of ether oxygens (including phenoxy) is 1. The van der Waals surface area contributed by atoms with Crippen LogP contribution in [-0.4, -0.2) is 17.7 Å². The Bertz CT molecular complexity index is 479. The number of benzene rings is 1. The zero-order valence-electron chi connectivity index (χ0n) is 17.5. The first kappa shape index (κ1) is 23.5. The molecule has 1 N–H and O–H groups in total. The third-order valence-corrected chi connectivity index (χ3v) is 5.01. The van der Waals surface area contributed by atoms with Crippen molar-refractivity contribution in [2.24, 2.45) is 5.92 Å². The third-order valence-electron chi connectivity index (χ3n) is 5.01. The lowest BCUT2D eigenvalue weighted by Crippen LogP contribution is -2.06. The van der Waals surface area contributed by atoms with E-state index in [0.717, 1.165) is 18.8 Å². The summed E-state index contributed by atoms with van der Waals surface area (Å²) < 4.78 is 5.26. The fourth-order valence-corrected chi connectivity index (χ4v) is 3.27. The monoisotopic (exact) mass is 376 g/mol. The molecule has 1 aromatic rings. The van der Waals surface area contributed by atoms with Crippen molar-refractivity contribution in [3.05, 3.63) is 29.8 Å². The summed E-state index contributed by atoms with van der Waals surface area (Å²) in [5.74, 6) is 0.712. The summed E-state index contributed by atoms with van der Waals surface area (Å²) in [6.45, 7) is 5.10. The molecule has 3 nitrogen and oxygen atoms in total. The van der Waals surface area contributed by atoms with Crippen molar-refractivity contribution in [3.63, 3.8) is 0 Å². The first-order valence-electron chi connectivity index (χ1n) is 11.1. The van der Waals surface area contributed by atoms with Gasteiger partial charge in [0.25, 0.3) is 0 Å². The molecule has 0 aliphatic heterocycles. The van der Waals surface area contributed by atoms with Gasteiger partial charge < -0.3 is 9.84 Å². The van der Waals surface area contributed by atoms with Gasteiger partial charge in [0, 0.05) is 0 Å². The molecule has 0 saturated heterocycles. The van der Waals surface area contributed by atoms with Gasteiger partial charge in [0.1, 0.15) is 5.75 Å². The van der Waals surface area contributed by atoms with Crippen molar-refractivity contribution >= 4 is 5.97 Å². The van der Waals surface area contributed by atoms with E-state index in [0.29, 0.717) is 12.2 Å². The van der Waals surface area contributed by atoms with Crippen molar-refractivity contribution < 1.29 is 14.6 Å². The van der Waals surface area contributed by atoms with Crippen molar-refractivity contribution in [2.45, 2.75) is 97.3 Å². The van der Waals surface area contributed by atoms with E-state index in [1.807, 2.05) is 0 Å². The normalized spacial score (nSPS) is 11.1. The molecule has 0 amide bonds. The molecule has 0 radical (unpaired) electrons. The topological polar surface area (TPSA) is 46.5 Å².